The summed E-state index contributed by atoms with van der Waals surface area (Å²) in [5.74, 6) is 0.157. The Labute approximate surface area is 177 Å². The lowest BCUT2D eigenvalue weighted by molar-refractivity contribution is -0.385. The highest BCUT2D eigenvalue weighted by molar-refractivity contribution is 5.92. The minimum Gasteiger partial charge on any atom is -0.872 e. The molecular weight excluding hydrogens is 402 g/mol. The monoisotopic (exact) mass is 420 g/mol. The molecule has 0 aliphatic heterocycles. The fourth-order valence-electron chi connectivity index (χ4n) is 3.34. The van der Waals surface area contributed by atoms with Crippen molar-refractivity contribution >= 4 is 17.8 Å². The number of nitro benzene ring substituents is 1. The summed E-state index contributed by atoms with van der Waals surface area (Å²) in [4.78, 5) is 22.3. The molecule has 1 aromatic heterocycles. The van der Waals surface area contributed by atoms with Gasteiger partial charge in [-0.05, 0) is 60.2 Å². The number of rotatable bonds is 7. The molecular formula is C22H18N3O6-. The van der Waals surface area contributed by atoms with Gasteiger partial charge < -0.3 is 14.3 Å². The number of non-ortho nitro benzene ring substituents is 1. The summed E-state index contributed by atoms with van der Waals surface area (Å²) in [6.07, 6.45) is 4.37. The Balaban J connectivity index is 1.33. The number of amides is 1. The fraction of sp³-hybridized carbons (Fsp3) is 0.182. The van der Waals surface area contributed by atoms with Crippen molar-refractivity contribution in [3.05, 3.63) is 86.9 Å². The number of ether oxygens (including phenoxy) is 1. The molecule has 158 valence electrons. The lowest BCUT2D eigenvalue weighted by Crippen LogP contribution is -2.17. The highest BCUT2D eigenvalue weighted by Gasteiger charge is 2.13. The van der Waals surface area contributed by atoms with Crippen molar-refractivity contribution < 1.29 is 24.0 Å². The molecule has 0 bridgehead atoms. The van der Waals surface area contributed by atoms with Crippen LogP contribution in [0.25, 0.3) is 0 Å². The molecule has 2 aromatic carbocycles. The number of furan rings is 1. The first-order chi connectivity index (χ1) is 15.0. The third-order valence-corrected chi connectivity index (χ3v) is 4.91. The van der Waals surface area contributed by atoms with Crippen molar-refractivity contribution in [1.29, 1.82) is 0 Å². The van der Waals surface area contributed by atoms with E-state index in [1.54, 1.807) is 6.07 Å². The van der Waals surface area contributed by atoms with E-state index in [1.165, 1.54) is 17.2 Å². The maximum absolute atomic E-state index is 12.2. The zero-order chi connectivity index (χ0) is 21.8. The van der Waals surface area contributed by atoms with E-state index < -0.39 is 16.6 Å². The summed E-state index contributed by atoms with van der Waals surface area (Å²) in [5, 5.41) is 26.2. The van der Waals surface area contributed by atoms with Gasteiger partial charge in [-0.15, -0.1) is 0 Å². The van der Waals surface area contributed by atoms with E-state index in [0.717, 1.165) is 49.4 Å². The normalized spacial score (nSPS) is 12.6. The molecule has 0 atom stereocenters. The van der Waals surface area contributed by atoms with Crippen molar-refractivity contribution in [3.8, 4) is 11.5 Å². The van der Waals surface area contributed by atoms with Gasteiger partial charge in [-0.1, -0.05) is 17.9 Å². The predicted molar refractivity (Wildman–Crippen MR) is 109 cm³/mol. The number of hydrazone groups is 1. The molecule has 0 saturated heterocycles. The number of aryl methyl sites for hydroxylation is 2. The molecule has 9 nitrogen and oxygen atoms in total. The van der Waals surface area contributed by atoms with E-state index in [4.69, 9.17) is 9.15 Å². The van der Waals surface area contributed by atoms with Crippen LogP contribution in [0.15, 0.2) is 58.0 Å². The highest BCUT2D eigenvalue weighted by atomic mass is 16.6. The van der Waals surface area contributed by atoms with Crippen LogP contribution in [0.4, 0.5) is 5.69 Å². The molecule has 3 aromatic rings. The van der Waals surface area contributed by atoms with Crippen LogP contribution in [-0.4, -0.2) is 17.0 Å². The van der Waals surface area contributed by atoms with Gasteiger partial charge in [0, 0.05) is 12.1 Å². The lowest BCUT2D eigenvalue weighted by atomic mass is 10.1. The van der Waals surface area contributed by atoms with E-state index in [9.17, 15) is 20.0 Å². The first-order valence-corrected chi connectivity index (χ1v) is 9.62. The Hall–Kier alpha value is -4.14. The molecule has 1 heterocycles. The Morgan fingerprint density at radius 1 is 1.16 bits per heavy atom. The molecule has 0 fully saturated rings. The first kappa shape index (κ1) is 20.1. The zero-order valence-corrected chi connectivity index (χ0v) is 16.4. The number of nitrogens with zero attached hydrogens (tertiary/aromatic N) is 2. The molecule has 9 heteroatoms. The van der Waals surface area contributed by atoms with Gasteiger partial charge in [-0.2, -0.15) is 5.10 Å². The van der Waals surface area contributed by atoms with E-state index in [0.29, 0.717) is 5.76 Å². The number of nitrogens with one attached hydrogen (secondary N) is 1. The molecule has 0 radical (unpaired) electrons. The van der Waals surface area contributed by atoms with Gasteiger partial charge in [-0.3, -0.25) is 14.9 Å². The number of carbonyl (C=O) groups excluding carboxylic acids is 1. The molecule has 1 aliphatic rings. The van der Waals surface area contributed by atoms with Crippen LogP contribution in [0.3, 0.4) is 0 Å². The van der Waals surface area contributed by atoms with Gasteiger partial charge in [0.15, 0.2) is 5.76 Å². The van der Waals surface area contributed by atoms with Crippen LogP contribution < -0.4 is 15.3 Å². The predicted octanol–water partition coefficient (Wildman–Crippen LogP) is 3.09. The van der Waals surface area contributed by atoms with Gasteiger partial charge in [-0.25, -0.2) is 5.43 Å². The SMILES string of the molecule is O=C(N/N=C/c1cc([N+](=O)[O-])ccc1[O-])c1ccc(COc2ccc3c(c2)CCC3)o1. The van der Waals surface area contributed by atoms with Crippen molar-refractivity contribution in [3.63, 3.8) is 0 Å². The Morgan fingerprint density at radius 2 is 2.00 bits per heavy atom. The minimum absolute atomic E-state index is 0.0163. The summed E-state index contributed by atoms with van der Waals surface area (Å²) in [5.41, 5.74) is 4.63. The average Bonchev–Trinajstić information content (AvgIpc) is 3.42. The number of benzene rings is 2. The second kappa shape index (κ2) is 8.70. The molecule has 1 N–H and O–H groups in total. The second-order valence-corrected chi connectivity index (χ2v) is 7.02. The van der Waals surface area contributed by atoms with Crippen molar-refractivity contribution in [2.45, 2.75) is 25.9 Å². The molecule has 0 saturated carbocycles. The fourth-order valence-corrected chi connectivity index (χ4v) is 3.34. The summed E-state index contributed by atoms with van der Waals surface area (Å²) >= 11 is 0. The summed E-state index contributed by atoms with van der Waals surface area (Å²) in [6, 6.07) is 12.4. The minimum atomic E-state index is -0.627. The van der Waals surface area contributed by atoms with Crippen molar-refractivity contribution in [2.24, 2.45) is 5.10 Å². The van der Waals surface area contributed by atoms with Crippen LogP contribution in [-0.2, 0) is 19.4 Å². The summed E-state index contributed by atoms with van der Waals surface area (Å²) < 4.78 is 11.2. The number of hydrogen-bond donors (Lipinski definition) is 1. The van der Waals surface area contributed by atoms with Gasteiger partial charge in [0.1, 0.15) is 18.1 Å². The zero-order valence-electron chi connectivity index (χ0n) is 16.4. The third-order valence-electron chi connectivity index (χ3n) is 4.91. The van der Waals surface area contributed by atoms with Crippen LogP contribution in [0.5, 0.6) is 11.5 Å². The lowest BCUT2D eigenvalue weighted by Gasteiger charge is -2.08. The molecule has 1 aliphatic carbocycles. The van der Waals surface area contributed by atoms with Crippen molar-refractivity contribution in [1.82, 2.24) is 5.43 Å². The molecule has 0 unspecified atom stereocenters. The second-order valence-electron chi connectivity index (χ2n) is 7.02. The molecule has 0 spiro atoms. The van der Waals surface area contributed by atoms with Crippen LogP contribution in [0.2, 0.25) is 0 Å². The van der Waals surface area contributed by atoms with Gasteiger partial charge in [0.25, 0.3) is 5.69 Å². The molecule has 31 heavy (non-hydrogen) atoms. The standard InChI is InChI=1S/C22H19N3O6/c26-20-8-5-17(25(28)29)10-16(20)12-23-24-22(27)21-9-7-19(31-21)13-30-18-6-4-14-2-1-3-15(14)11-18/h4-12,26H,1-3,13H2,(H,24,27)/p-1/b23-12+. The van der Waals surface area contributed by atoms with E-state index >= 15 is 0 Å². The number of hydrogen-bond acceptors (Lipinski definition) is 7. The van der Waals surface area contributed by atoms with Crippen molar-refractivity contribution in [2.75, 3.05) is 0 Å². The van der Waals surface area contributed by atoms with E-state index in [1.807, 2.05) is 12.1 Å². The van der Waals surface area contributed by atoms with E-state index in [-0.39, 0.29) is 23.6 Å². The Kier molecular flexibility index (Phi) is 5.65. The Morgan fingerprint density at radius 3 is 2.84 bits per heavy atom. The van der Waals surface area contributed by atoms with Crippen LogP contribution in [0, 0.1) is 10.1 Å². The first-order valence-electron chi connectivity index (χ1n) is 9.62. The van der Waals surface area contributed by atoms with Crippen LogP contribution >= 0.6 is 0 Å². The third kappa shape index (κ3) is 4.72. The highest BCUT2D eigenvalue weighted by Crippen LogP contribution is 2.26. The van der Waals surface area contributed by atoms with Gasteiger partial charge in [0.05, 0.1) is 11.1 Å². The summed E-state index contributed by atoms with van der Waals surface area (Å²) in [7, 11) is 0. The largest absolute Gasteiger partial charge is 0.872 e. The topological polar surface area (TPSA) is 130 Å². The Bertz CT molecular complexity index is 1170. The number of carbonyl (C=O) groups is 1. The summed E-state index contributed by atoms with van der Waals surface area (Å²) in [6.45, 7) is 0.169. The smallest absolute Gasteiger partial charge is 0.307 e. The van der Waals surface area contributed by atoms with E-state index in [2.05, 4.69) is 16.6 Å². The average molecular weight is 420 g/mol. The molecule has 4 rings (SSSR count). The van der Waals surface area contributed by atoms with Gasteiger partial charge >= 0.3 is 5.91 Å². The maximum atomic E-state index is 12.2. The maximum Gasteiger partial charge on any atom is 0.307 e. The quantitative estimate of drug-likeness (QED) is 0.355. The number of fused-ring (bicyclic) bond motifs is 1. The van der Waals surface area contributed by atoms with Gasteiger partial charge in [0.2, 0.25) is 0 Å². The van der Waals surface area contributed by atoms with Crippen LogP contribution in [0.1, 0.15) is 39.4 Å². The molecule has 1 amide bonds. The number of nitro groups is 1.